The molecule has 33 heavy (non-hydrogen) atoms. The molecule has 1 atom stereocenters. The Hall–Kier alpha value is -4.26. The van der Waals surface area contributed by atoms with Crippen molar-refractivity contribution in [3.05, 3.63) is 89.5 Å². The molecule has 0 unspecified atom stereocenters. The summed E-state index contributed by atoms with van der Waals surface area (Å²) in [5.41, 5.74) is 1.42. The van der Waals surface area contributed by atoms with E-state index in [2.05, 4.69) is 0 Å². The van der Waals surface area contributed by atoms with E-state index in [1.165, 1.54) is 19.1 Å². The zero-order valence-corrected chi connectivity index (χ0v) is 18.4. The van der Waals surface area contributed by atoms with E-state index in [0.717, 1.165) is 0 Å². The normalized spacial score (nSPS) is 17.2. The first-order valence-electron chi connectivity index (χ1n) is 10.2. The van der Waals surface area contributed by atoms with Crippen LogP contribution in [0.3, 0.4) is 0 Å². The molecule has 1 heterocycles. The Morgan fingerprint density at radius 3 is 2.06 bits per heavy atom. The van der Waals surface area contributed by atoms with Gasteiger partial charge in [0.1, 0.15) is 23.0 Å². The number of nitrogens with zero attached hydrogens (tertiary/aromatic N) is 1. The molecule has 7 heteroatoms. The van der Waals surface area contributed by atoms with Gasteiger partial charge >= 0.3 is 0 Å². The number of ether oxygens (including phenoxy) is 3. The summed E-state index contributed by atoms with van der Waals surface area (Å²) in [6, 6.07) is 19.6. The number of anilines is 1. The summed E-state index contributed by atoms with van der Waals surface area (Å²) in [5, 5.41) is 11.1. The van der Waals surface area contributed by atoms with Crippen molar-refractivity contribution in [1.82, 2.24) is 0 Å². The predicted octanol–water partition coefficient (Wildman–Crippen LogP) is 4.34. The van der Waals surface area contributed by atoms with E-state index in [4.69, 9.17) is 14.2 Å². The molecule has 0 bridgehead atoms. The second-order valence-electron chi connectivity index (χ2n) is 7.34. The van der Waals surface area contributed by atoms with E-state index in [9.17, 15) is 14.7 Å². The molecule has 1 amide bonds. The van der Waals surface area contributed by atoms with Crippen molar-refractivity contribution in [2.75, 3.05) is 26.2 Å². The van der Waals surface area contributed by atoms with Crippen LogP contribution in [0.15, 0.2) is 78.4 Å². The third-order valence-electron chi connectivity index (χ3n) is 5.58. The summed E-state index contributed by atoms with van der Waals surface area (Å²) in [5.74, 6) is -0.208. The van der Waals surface area contributed by atoms with E-state index >= 15 is 0 Å². The van der Waals surface area contributed by atoms with Gasteiger partial charge in [0.25, 0.3) is 11.7 Å². The van der Waals surface area contributed by atoms with Crippen molar-refractivity contribution >= 4 is 23.1 Å². The number of benzene rings is 3. The number of aliphatic hydroxyl groups is 1. The fourth-order valence-electron chi connectivity index (χ4n) is 3.93. The largest absolute Gasteiger partial charge is 0.507 e. The van der Waals surface area contributed by atoms with Crippen LogP contribution in [0.2, 0.25) is 0 Å². The Labute approximate surface area is 191 Å². The summed E-state index contributed by atoms with van der Waals surface area (Å²) >= 11 is 0. The van der Waals surface area contributed by atoms with E-state index < -0.39 is 17.7 Å². The monoisotopic (exact) mass is 445 g/mol. The molecular weight excluding hydrogens is 422 g/mol. The van der Waals surface area contributed by atoms with Crippen LogP contribution < -0.4 is 19.1 Å². The molecule has 7 nitrogen and oxygen atoms in total. The number of hydrogen-bond donors (Lipinski definition) is 1. The number of carbonyl (C=O) groups is 2. The average Bonchev–Trinajstić information content (AvgIpc) is 3.13. The first-order valence-corrected chi connectivity index (χ1v) is 10.2. The van der Waals surface area contributed by atoms with Crippen LogP contribution in [0.1, 0.15) is 17.2 Å². The van der Waals surface area contributed by atoms with Crippen LogP contribution >= 0.6 is 0 Å². The number of carbonyl (C=O) groups excluding carboxylic acids is 2. The van der Waals surface area contributed by atoms with Crippen LogP contribution in [0.4, 0.5) is 5.69 Å². The van der Waals surface area contributed by atoms with Gasteiger partial charge in [-0.15, -0.1) is 0 Å². The average molecular weight is 445 g/mol. The molecule has 1 aliphatic rings. The maximum atomic E-state index is 13.2. The van der Waals surface area contributed by atoms with Gasteiger partial charge in [0.05, 0.1) is 32.9 Å². The second kappa shape index (κ2) is 9.08. The molecule has 1 fully saturated rings. The SMILES string of the molecule is COc1ccc(N2C(=O)C(=O)C(=C(O)c3ccccc3)[C@@H]2c2ccc(OC)cc2OC)cc1. The molecule has 1 saturated heterocycles. The molecule has 0 aliphatic carbocycles. The smallest absolute Gasteiger partial charge is 0.300 e. The molecule has 0 spiro atoms. The van der Waals surface area contributed by atoms with Crippen molar-refractivity contribution in [2.45, 2.75) is 6.04 Å². The highest BCUT2D eigenvalue weighted by Gasteiger charge is 2.48. The lowest BCUT2D eigenvalue weighted by molar-refractivity contribution is -0.132. The van der Waals surface area contributed by atoms with Crippen molar-refractivity contribution in [3.63, 3.8) is 0 Å². The molecule has 0 saturated carbocycles. The Balaban J connectivity index is 1.97. The van der Waals surface area contributed by atoms with Gasteiger partial charge in [-0.3, -0.25) is 14.5 Å². The highest BCUT2D eigenvalue weighted by molar-refractivity contribution is 6.51. The standard InChI is InChI=1S/C26H23NO6/c1-31-18-11-9-17(10-12-18)27-23(20-14-13-19(32-2)15-21(20)33-3)22(25(29)26(27)30)24(28)16-7-5-4-6-8-16/h4-15,23,28H,1-3H3/t23-/m0/s1. The van der Waals surface area contributed by atoms with Crippen LogP contribution in [0, 0.1) is 0 Å². The number of hydrogen-bond acceptors (Lipinski definition) is 6. The van der Waals surface area contributed by atoms with E-state index in [1.807, 2.05) is 0 Å². The summed E-state index contributed by atoms with van der Waals surface area (Å²) < 4.78 is 16.1. The summed E-state index contributed by atoms with van der Waals surface area (Å²) in [6.45, 7) is 0. The van der Waals surface area contributed by atoms with Crippen LogP contribution in [0.25, 0.3) is 5.76 Å². The van der Waals surface area contributed by atoms with Crippen molar-refractivity contribution in [3.8, 4) is 17.2 Å². The minimum absolute atomic E-state index is 0.0227. The number of Topliss-reactive ketones (excluding diaryl/α,β-unsaturated/α-hetero) is 1. The van der Waals surface area contributed by atoms with E-state index in [1.54, 1.807) is 79.9 Å². The Morgan fingerprint density at radius 1 is 0.818 bits per heavy atom. The van der Waals surface area contributed by atoms with Gasteiger partial charge in [0, 0.05) is 22.9 Å². The molecule has 0 aromatic heterocycles. The van der Waals surface area contributed by atoms with E-state index in [0.29, 0.717) is 34.1 Å². The molecule has 4 rings (SSSR count). The number of ketones is 1. The van der Waals surface area contributed by atoms with Crippen molar-refractivity contribution in [2.24, 2.45) is 0 Å². The molecular formula is C26H23NO6. The zero-order chi connectivity index (χ0) is 23.5. The van der Waals surface area contributed by atoms with Crippen LogP contribution in [0.5, 0.6) is 17.2 Å². The lowest BCUT2D eigenvalue weighted by Crippen LogP contribution is -2.29. The van der Waals surface area contributed by atoms with Gasteiger partial charge in [0.2, 0.25) is 0 Å². The quantitative estimate of drug-likeness (QED) is 0.345. The van der Waals surface area contributed by atoms with Crippen LogP contribution in [-0.4, -0.2) is 38.1 Å². The maximum absolute atomic E-state index is 13.2. The summed E-state index contributed by atoms with van der Waals surface area (Å²) in [4.78, 5) is 27.8. The minimum atomic E-state index is -0.917. The highest BCUT2D eigenvalue weighted by atomic mass is 16.5. The Morgan fingerprint density at radius 2 is 1.45 bits per heavy atom. The third kappa shape index (κ3) is 3.89. The maximum Gasteiger partial charge on any atom is 0.300 e. The predicted molar refractivity (Wildman–Crippen MR) is 124 cm³/mol. The first kappa shape index (κ1) is 22.0. The highest BCUT2D eigenvalue weighted by Crippen LogP contribution is 2.45. The third-order valence-corrected chi connectivity index (χ3v) is 5.58. The molecule has 3 aromatic carbocycles. The number of amides is 1. The summed E-state index contributed by atoms with van der Waals surface area (Å²) in [7, 11) is 4.58. The number of aliphatic hydroxyl groups excluding tert-OH is 1. The fourth-order valence-corrected chi connectivity index (χ4v) is 3.93. The molecule has 3 aromatic rings. The molecule has 1 aliphatic heterocycles. The Kier molecular flexibility index (Phi) is 6.04. The molecule has 1 N–H and O–H groups in total. The van der Waals surface area contributed by atoms with Gasteiger partial charge in [-0.05, 0) is 36.4 Å². The van der Waals surface area contributed by atoms with Crippen molar-refractivity contribution in [1.29, 1.82) is 0 Å². The zero-order valence-electron chi connectivity index (χ0n) is 18.4. The second-order valence-corrected chi connectivity index (χ2v) is 7.34. The van der Waals surface area contributed by atoms with Gasteiger partial charge in [-0.2, -0.15) is 0 Å². The lowest BCUT2D eigenvalue weighted by Gasteiger charge is -2.27. The van der Waals surface area contributed by atoms with Gasteiger partial charge in [0.15, 0.2) is 0 Å². The lowest BCUT2D eigenvalue weighted by atomic mass is 9.94. The van der Waals surface area contributed by atoms with Gasteiger partial charge in [-0.25, -0.2) is 0 Å². The van der Waals surface area contributed by atoms with Crippen molar-refractivity contribution < 1.29 is 28.9 Å². The minimum Gasteiger partial charge on any atom is -0.507 e. The molecule has 168 valence electrons. The Bertz CT molecular complexity index is 1220. The van der Waals surface area contributed by atoms with Gasteiger partial charge < -0.3 is 19.3 Å². The molecule has 0 radical (unpaired) electrons. The number of methoxy groups -OCH3 is 3. The van der Waals surface area contributed by atoms with Crippen LogP contribution in [-0.2, 0) is 9.59 Å². The first-order chi connectivity index (χ1) is 16.0. The number of rotatable bonds is 6. The fraction of sp³-hybridized carbons (Fsp3) is 0.154. The van der Waals surface area contributed by atoms with Gasteiger partial charge in [-0.1, -0.05) is 30.3 Å². The summed E-state index contributed by atoms with van der Waals surface area (Å²) in [6.07, 6.45) is 0. The topological polar surface area (TPSA) is 85.3 Å². The van der Waals surface area contributed by atoms with E-state index in [-0.39, 0.29) is 11.3 Å².